The summed E-state index contributed by atoms with van der Waals surface area (Å²) < 4.78 is 6.82. The predicted molar refractivity (Wildman–Crippen MR) is 118 cm³/mol. The van der Waals surface area contributed by atoms with Crippen molar-refractivity contribution in [2.24, 2.45) is 5.92 Å². The average Bonchev–Trinajstić information content (AvgIpc) is 2.79. The second-order valence-electron chi connectivity index (χ2n) is 7.87. The maximum atomic E-state index is 12.1. The highest BCUT2D eigenvalue weighted by Gasteiger charge is 2.27. The second kappa shape index (κ2) is 9.16. The van der Waals surface area contributed by atoms with Gasteiger partial charge < -0.3 is 9.94 Å². The molecule has 1 aliphatic heterocycles. The standard InChI is InChI=1S/C23H26N4O4/c1-2-18-4-3-5-20-21(6-11-24-23(18)20)31-15-10-17-7-12-25(13-8-17)22-16-19(27(29)30)9-14-26(22)28/h3-6,9,11,14,16-17H,2,7-8,10,12-13,15H2,1H3. The molecular formula is C23H26N4O4. The van der Waals surface area contributed by atoms with Crippen molar-refractivity contribution in [1.29, 1.82) is 0 Å². The molecule has 4 rings (SSSR count). The van der Waals surface area contributed by atoms with Crippen LogP contribution in [0.15, 0.2) is 48.8 Å². The maximum Gasteiger partial charge on any atom is 0.286 e. The fourth-order valence-corrected chi connectivity index (χ4v) is 4.22. The van der Waals surface area contributed by atoms with Crippen LogP contribution in [0.5, 0.6) is 5.75 Å². The van der Waals surface area contributed by atoms with Crippen molar-refractivity contribution in [3.05, 3.63) is 69.7 Å². The van der Waals surface area contributed by atoms with E-state index in [-0.39, 0.29) is 5.69 Å². The van der Waals surface area contributed by atoms with Crippen LogP contribution in [0.1, 0.15) is 31.7 Å². The molecular weight excluding hydrogens is 396 g/mol. The fraction of sp³-hybridized carbons (Fsp3) is 0.391. The molecule has 31 heavy (non-hydrogen) atoms. The van der Waals surface area contributed by atoms with Crippen molar-refractivity contribution in [3.8, 4) is 5.75 Å². The van der Waals surface area contributed by atoms with E-state index in [4.69, 9.17) is 4.74 Å². The lowest BCUT2D eigenvalue weighted by molar-refractivity contribution is -0.593. The number of rotatable bonds is 7. The molecule has 0 spiro atoms. The first-order valence-corrected chi connectivity index (χ1v) is 10.7. The van der Waals surface area contributed by atoms with E-state index in [0.717, 1.165) is 42.3 Å². The van der Waals surface area contributed by atoms with Crippen molar-refractivity contribution < 1.29 is 14.4 Å². The normalized spacial score (nSPS) is 14.7. The van der Waals surface area contributed by atoms with Gasteiger partial charge in [0.25, 0.3) is 11.5 Å². The number of hydrogen-bond donors (Lipinski definition) is 0. The monoisotopic (exact) mass is 422 g/mol. The Morgan fingerprint density at radius 1 is 1.26 bits per heavy atom. The number of hydrogen-bond acceptors (Lipinski definition) is 6. The quantitative estimate of drug-likeness (QED) is 0.247. The lowest BCUT2D eigenvalue weighted by Crippen LogP contribution is -2.42. The van der Waals surface area contributed by atoms with Crippen LogP contribution in [-0.2, 0) is 6.42 Å². The van der Waals surface area contributed by atoms with Gasteiger partial charge in [-0.05, 0) is 49.3 Å². The second-order valence-corrected chi connectivity index (χ2v) is 7.87. The van der Waals surface area contributed by atoms with E-state index >= 15 is 0 Å². The van der Waals surface area contributed by atoms with Crippen molar-refractivity contribution >= 4 is 22.4 Å². The van der Waals surface area contributed by atoms with Gasteiger partial charge in [0, 0.05) is 11.6 Å². The molecule has 1 aromatic carbocycles. The summed E-state index contributed by atoms with van der Waals surface area (Å²) in [6, 6.07) is 10.7. The first-order valence-electron chi connectivity index (χ1n) is 10.7. The van der Waals surface area contributed by atoms with Gasteiger partial charge in [0.15, 0.2) is 0 Å². The minimum Gasteiger partial charge on any atom is -0.711 e. The van der Waals surface area contributed by atoms with Gasteiger partial charge in [0.05, 0.1) is 36.2 Å². The van der Waals surface area contributed by atoms with Gasteiger partial charge in [-0.1, -0.05) is 19.1 Å². The van der Waals surface area contributed by atoms with E-state index < -0.39 is 4.92 Å². The molecule has 0 atom stereocenters. The Labute approximate surface area is 180 Å². The van der Waals surface area contributed by atoms with Gasteiger partial charge in [-0.3, -0.25) is 20.0 Å². The van der Waals surface area contributed by atoms with Crippen molar-refractivity contribution in [2.75, 3.05) is 24.6 Å². The summed E-state index contributed by atoms with van der Waals surface area (Å²) in [7, 11) is 0. The van der Waals surface area contributed by atoms with E-state index in [1.54, 1.807) is 6.20 Å². The zero-order valence-electron chi connectivity index (χ0n) is 17.6. The lowest BCUT2D eigenvalue weighted by Gasteiger charge is -2.29. The Hall–Kier alpha value is -3.42. The Bertz CT molecular complexity index is 1080. The largest absolute Gasteiger partial charge is 0.711 e. The summed E-state index contributed by atoms with van der Waals surface area (Å²) in [4.78, 5) is 17.0. The molecule has 162 valence electrons. The Morgan fingerprint density at radius 2 is 2.06 bits per heavy atom. The molecule has 1 aliphatic rings. The molecule has 0 unspecified atom stereocenters. The number of benzene rings is 1. The van der Waals surface area contributed by atoms with Crippen LogP contribution in [-0.4, -0.2) is 29.6 Å². The summed E-state index contributed by atoms with van der Waals surface area (Å²) in [6.07, 6.45) is 6.70. The molecule has 3 heterocycles. The molecule has 8 heteroatoms. The van der Waals surface area contributed by atoms with Crippen molar-refractivity contribution in [2.45, 2.75) is 32.6 Å². The molecule has 1 saturated heterocycles. The molecule has 3 aromatic rings. The topological polar surface area (TPSA) is 95.4 Å². The number of piperidine rings is 1. The Morgan fingerprint density at radius 3 is 2.81 bits per heavy atom. The van der Waals surface area contributed by atoms with Crippen molar-refractivity contribution in [3.63, 3.8) is 0 Å². The molecule has 0 N–H and O–H groups in total. The highest BCUT2D eigenvalue weighted by atomic mass is 16.6. The van der Waals surface area contributed by atoms with Crippen LogP contribution in [0.25, 0.3) is 10.9 Å². The number of fused-ring (bicyclic) bond motifs is 1. The average molecular weight is 422 g/mol. The molecule has 0 amide bonds. The van der Waals surface area contributed by atoms with Crippen LogP contribution < -0.4 is 14.4 Å². The van der Waals surface area contributed by atoms with Gasteiger partial charge in [-0.25, -0.2) is 4.73 Å². The third kappa shape index (κ3) is 4.52. The summed E-state index contributed by atoms with van der Waals surface area (Å²) in [5.41, 5.74) is 2.15. The van der Waals surface area contributed by atoms with E-state index in [1.807, 2.05) is 23.1 Å². The molecule has 2 aromatic heterocycles. The lowest BCUT2D eigenvalue weighted by atomic mass is 9.94. The van der Waals surface area contributed by atoms with Crippen LogP contribution >= 0.6 is 0 Å². The summed E-state index contributed by atoms with van der Waals surface area (Å²) in [5, 5.41) is 24.1. The number of pyridine rings is 2. The SMILES string of the molecule is CCc1cccc2c(OCCC3CCN(c4cc([N+](=O)[O-])cc[n+]4[O-])CC3)ccnc12. The number of ether oxygens (including phenoxy) is 1. The van der Waals surface area contributed by atoms with Gasteiger partial charge >= 0.3 is 0 Å². The highest BCUT2D eigenvalue weighted by molar-refractivity contribution is 5.87. The zero-order chi connectivity index (χ0) is 21.8. The summed E-state index contributed by atoms with van der Waals surface area (Å²) in [6.45, 7) is 4.15. The van der Waals surface area contributed by atoms with Crippen LogP contribution in [0.2, 0.25) is 0 Å². The van der Waals surface area contributed by atoms with Gasteiger partial charge in [0.1, 0.15) is 18.0 Å². The molecule has 0 saturated carbocycles. The highest BCUT2D eigenvalue weighted by Crippen LogP contribution is 2.28. The molecule has 1 fully saturated rings. The number of para-hydroxylation sites is 1. The predicted octanol–water partition coefficient (Wildman–Crippen LogP) is 4.02. The smallest absolute Gasteiger partial charge is 0.286 e. The Kier molecular flexibility index (Phi) is 6.16. The summed E-state index contributed by atoms with van der Waals surface area (Å²) in [5.74, 6) is 1.70. The molecule has 0 aliphatic carbocycles. The number of aromatic nitrogens is 2. The molecule has 0 bridgehead atoms. The van der Waals surface area contributed by atoms with Crippen LogP contribution in [0.4, 0.5) is 11.5 Å². The van der Waals surface area contributed by atoms with Gasteiger partial charge in [-0.2, -0.15) is 0 Å². The third-order valence-corrected chi connectivity index (χ3v) is 6.01. The minimum atomic E-state index is -0.472. The number of nitro groups is 1. The van der Waals surface area contributed by atoms with E-state index in [9.17, 15) is 15.3 Å². The number of anilines is 1. The maximum absolute atomic E-state index is 12.1. The Balaban J connectivity index is 1.33. The molecule has 8 nitrogen and oxygen atoms in total. The minimum absolute atomic E-state index is 0.0616. The molecule has 0 radical (unpaired) electrons. The fourth-order valence-electron chi connectivity index (χ4n) is 4.22. The van der Waals surface area contributed by atoms with Crippen molar-refractivity contribution in [1.82, 2.24) is 4.98 Å². The number of aryl methyl sites for hydroxylation is 1. The summed E-state index contributed by atoms with van der Waals surface area (Å²) >= 11 is 0. The first kappa shape index (κ1) is 20.8. The van der Waals surface area contributed by atoms with Crippen LogP contribution in [0.3, 0.4) is 0 Å². The van der Waals surface area contributed by atoms with E-state index in [0.29, 0.717) is 36.2 Å². The van der Waals surface area contributed by atoms with Gasteiger partial charge in [0.2, 0.25) is 0 Å². The number of nitrogens with zero attached hydrogens (tertiary/aromatic N) is 4. The van der Waals surface area contributed by atoms with Crippen LogP contribution in [0, 0.1) is 21.2 Å². The zero-order valence-corrected chi connectivity index (χ0v) is 17.6. The first-order chi connectivity index (χ1) is 15.1. The third-order valence-electron chi connectivity index (χ3n) is 6.01. The van der Waals surface area contributed by atoms with E-state index in [2.05, 4.69) is 18.0 Å². The van der Waals surface area contributed by atoms with E-state index in [1.165, 1.54) is 23.9 Å². The van der Waals surface area contributed by atoms with Gasteiger partial charge in [-0.15, -0.1) is 0 Å².